The van der Waals surface area contributed by atoms with Crippen LogP contribution in [0.15, 0.2) is 54.7 Å². The predicted molar refractivity (Wildman–Crippen MR) is 107 cm³/mol. The number of carbonyl (C=O) groups is 2. The van der Waals surface area contributed by atoms with Crippen LogP contribution in [0.25, 0.3) is 0 Å². The normalized spacial score (nSPS) is 15.7. The number of para-hydroxylation sites is 1. The summed E-state index contributed by atoms with van der Waals surface area (Å²) in [5, 5.41) is 6.25. The molecule has 2 amide bonds. The van der Waals surface area contributed by atoms with Crippen LogP contribution in [0.3, 0.4) is 0 Å². The van der Waals surface area contributed by atoms with Crippen molar-refractivity contribution in [2.45, 2.75) is 25.7 Å². The van der Waals surface area contributed by atoms with Crippen LogP contribution in [0.5, 0.6) is 0 Å². The zero-order valence-corrected chi connectivity index (χ0v) is 15.7. The van der Waals surface area contributed by atoms with E-state index in [4.69, 9.17) is 0 Å². The number of benzene rings is 2. The summed E-state index contributed by atoms with van der Waals surface area (Å²) in [6, 6.07) is 15.8. The fourth-order valence-corrected chi connectivity index (χ4v) is 4.04. The van der Waals surface area contributed by atoms with E-state index in [-0.39, 0.29) is 18.2 Å². The number of hydrogen-bond acceptors (Lipinski definition) is 4. The first-order chi connectivity index (χ1) is 13.1. The van der Waals surface area contributed by atoms with Gasteiger partial charge in [-0.1, -0.05) is 48.0 Å². The third-order valence-corrected chi connectivity index (χ3v) is 5.51. The molecule has 1 aliphatic heterocycles. The van der Waals surface area contributed by atoms with Crippen molar-refractivity contribution < 1.29 is 9.59 Å². The molecule has 4 rings (SSSR count). The summed E-state index contributed by atoms with van der Waals surface area (Å²) in [4.78, 5) is 30.1. The minimum Gasteiger partial charge on any atom is -0.326 e. The molecule has 0 saturated carbocycles. The van der Waals surface area contributed by atoms with Gasteiger partial charge in [-0.25, -0.2) is 4.98 Å². The maximum absolute atomic E-state index is 12.8. The van der Waals surface area contributed by atoms with Gasteiger partial charge in [-0.05, 0) is 24.1 Å². The van der Waals surface area contributed by atoms with Crippen LogP contribution in [0, 0.1) is 6.92 Å². The highest BCUT2D eigenvalue weighted by molar-refractivity contribution is 7.15. The fraction of sp³-hybridized carbons (Fsp3) is 0.190. The number of hydrogen-bond donors (Lipinski definition) is 2. The van der Waals surface area contributed by atoms with Crippen molar-refractivity contribution >= 4 is 34.0 Å². The number of nitrogens with one attached hydrogen (secondary N) is 2. The zero-order valence-electron chi connectivity index (χ0n) is 14.9. The van der Waals surface area contributed by atoms with Crippen molar-refractivity contribution in [3.8, 4) is 0 Å². The van der Waals surface area contributed by atoms with Gasteiger partial charge in [-0.15, -0.1) is 11.3 Å². The van der Waals surface area contributed by atoms with Crippen molar-refractivity contribution in [3.05, 3.63) is 76.3 Å². The van der Waals surface area contributed by atoms with E-state index in [0.29, 0.717) is 10.8 Å². The summed E-state index contributed by atoms with van der Waals surface area (Å²) in [5.41, 5.74) is 3.98. The number of aryl methyl sites for hydroxylation is 1. The lowest BCUT2D eigenvalue weighted by atomic mass is 9.90. The van der Waals surface area contributed by atoms with Gasteiger partial charge in [0.1, 0.15) is 0 Å². The molecule has 0 spiro atoms. The first kappa shape index (κ1) is 17.4. The van der Waals surface area contributed by atoms with Gasteiger partial charge in [0.05, 0.1) is 5.92 Å². The molecule has 2 heterocycles. The standard InChI is InChI=1S/C21H19N3O2S/c1-13-6-8-14(9-7-13)10-15-12-22-21(27-15)24-20(26)17-11-19(25)23-18-5-3-2-4-16(17)18/h2-9,12,17H,10-11H2,1H3,(H,23,25)(H,22,24,26)/t17-/m0/s1. The number of aromatic nitrogens is 1. The highest BCUT2D eigenvalue weighted by atomic mass is 32.1. The Morgan fingerprint density at radius 2 is 2.00 bits per heavy atom. The molecular formula is C21H19N3O2S. The molecule has 0 aliphatic carbocycles. The Hall–Kier alpha value is -2.99. The average Bonchev–Trinajstić information content (AvgIpc) is 3.09. The van der Waals surface area contributed by atoms with E-state index in [9.17, 15) is 9.59 Å². The molecule has 0 bridgehead atoms. The molecule has 0 saturated heterocycles. The Morgan fingerprint density at radius 1 is 1.22 bits per heavy atom. The molecule has 2 N–H and O–H groups in total. The van der Waals surface area contributed by atoms with Gasteiger partial charge in [-0.2, -0.15) is 0 Å². The molecule has 2 aromatic carbocycles. The lowest BCUT2D eigenvalue weighted by Gasteiger charge is -2.24. The number of fused-ring (bicyclic) bond motifs is 1. The van der Waals surface area contributed by atoms with Crippen LogP contribution in [0.2, 0.25) is 0 Å². The van der Waals surface area contributed by atoms with E-state index in [0.717, 1.165) is 16.9 Å². The Kier molecular flexibility index (Phi) is 4.73. The van der Waals surface area contributed by atoms with Gasteiger partial charge >= 0.3 is 0 Å². The molecule has 1 aromatic heterocycles. The molecule has 1 atom stereocenters. The van der Waals surface area contributed by atoms with Crippen molar-refractivity contribution in [1.29, 1.82) is 0 Å². The molecule has 136 valence electrons. The second kappa shape index (κ2) is 7.32. The molecule has 0 unspecified atom stereocenters. The Morgan fingerprint density at radius 3 is 2.81 bits per heavy atom. The number of amides is 2. The topological polar surface area (TPSA) is 71.1 Å². The molecule has 0 fully saturated rings. The molecule has 1 aliphatic rings. The second-order valence-electron chi connectivity index (χ2n) is 6.68. The predicted octanol–water partition coefficient (Wildman–Crippen LogP) is 4.11. The van der Waals surface area contributed by atoms with Crippen LogP contribution < -0.4 is 10.6 Å². The van der Waals surface area contributed by atoms with Crippen LogP contribution in [0.4, 0.5) is 10.8 Å². The van der Waals surface area contributed by atoms with E-state index in [1.165, 1.54) is 22.5 Å². The number of anilines is 2. The molecule has 0 radical (unpaired) electrons. The minimum atomic E-state index is -0.501. The third kappa shape index (κ3) is 3.90. The maximum Gasteiger partial charge on any atom is 0.234 e. The first-order valence-electron chi connectivity index (χ1n) is 8.78. The molecular weight excluding hydrogens is 358 g/mol. The third-order valence-electron chi connectivity index (χ3n) is 4.60. The summed E-state index contributed by atoms with van der Waals surface area (Å²) < 4.78 is 0. The van der Waals surface area contributed by atoms with E-state index >= 15 is 0 Å². The number of nitrogens with zero attached hydrogens (tertiary/aromatic N) is 1. The van der Waals surface area contributed by atoms with E-state index < -0.39 is 5.92 Å². The quantitative estimate of drug-likeness (QED) is 0.719. The Labute approximate surface area is 161 Å². The van der Waals surface area contributed by atoms with Crippen molar-refractivity contribution in [2.75, 3.05) is 10.6 Å². The first-order valence-corrected chi connectivity index (χ1v) is 9.60. The lowest BCUT2D eigenvalue weighted by molar-refractivity contribution is -0.123. The van der Waals surface area contributed by atoms with E-state index in [2.05, 4.69) is 46.8 Å². The van der Waals surface area contributed by atoms with Crippen LogP contribution >= 0.6 is 11.3 Å². The number of carbonyl (C=O) groups excluding carboxylic acids is 2. The van der Waals surface area contributed by atoms with E-state index in [1.54, 1.807) is 6.20 Å². The van der Waals surface area contributed by atoms with Crippen molar-refractivity contribution in [3.63, 3.8) is 0 Å². The maximum atomic E-state index is 12.8. The second-order valence-corrected chi connectivity index (χ2v) is 7.79. The van der Waals surface area contributed by atoms with Gasteiger partial charge in [0.15, 0.2) is 5.13 Å². The van der Waals surface area contributed by atoms with E-state index in [1.807, 2.05) is 24.3 Å². The minimum absolute atomic E-state index is 0.143. The average molecular weight is 377 g/mol. The van der Waals surface area contributed by atoms with Crippen LogP contribution in [0.1, 0.15) is 33.9 Å². The Balaban J connectivity index is 1.47. The van der Waals surface area contributed by atoms with Gasteiger partial charge in [0.2, 0.25) is 11.8 Å². The van der Waals surface area contributed by atoms with Gasteiger partial charge in [-0.3, -0.25) is 9.59 Å². The van der Waals surface area contributed by atoms with Crippen molar-refractivity contribution in [2.24, 2.45) is 0 Å². The summed E-state index contributed by atoms with van der Waals surface area (Å²) in [5.74, 6) is -0.846. The number of thiazole rings is 1. The smallest absolute Gasteiger partial charge is 0.234 e. The highest BCUT2D eigenvalue weighted by Gasteiger charge is 2.30. The zero-order chi connectivity index (χ0) is 18.8. The summed E-state index contributed by atoms with van der Waals surface area (Å²) >= 11 is 1.46. The van der Waals surface area contributed by atoms with Gasteiger partial charge in [0.25, 0.3) is 0 Å². The largest absolute Gasteiger partial charge is 0.326 e. The molecule has 3 aromatic rings. The summed E-state index contributed by atoms with van der Waals surface area (Å²) in [6.45, 7) is 2.06. The summed E-state index contributed by atoms with van der Waals surface area (Å²) in [6.07, 6.45) is 2.72. The van der Waals surface area contributed by atoms with Crippen molar-refractivity contribution in [1.82, 2.24) is 4.98 Å². The number of rotatable bonds is 4. The van der Waals surface area contributed by atoms with Gasteiger partial charge < -0.3 is 10.6 Å². The molecule has 6 heteroatoms. The molecule has 5 nitrogen and oxygen atoms in total. The monoisotopic (exact) mass is 377 g/mol. The van der Waals surface area contributed by atoms with Gasteiger partial charge in [0, 0.05) is 29.6 Å². The van der Waals surface area contributed by atoms with Crippen LogP contribution in [-0.4, -0.2) is 16.8 Å². The summed E-state index contributed by atoms with van der Waals surface area (Å²) in [7, 11) is 0. The Bertz CT molecular complexity index is 995. The molecule has 27 heavy (non-hydrogen) atoms. The highest BCUT2D eigenvalue weighted by Crippen LogP contribution is 2.33. The van der Waals surface area contributed by atoms with Crippen LogP contribution in [-0.2, 0) is 16.0 Å². The SMILES string of the molecule is Cc1ccc(Cc2cnc(NC(=O)[C@H]3CC(=O)Nc4ccccc43)s2)cc1. The lowest BCUT2D eigenvalue weighted by Crippen LogP contribution is -2.30. The fourth-order valence-electron chi connectivity index (χ4n) is 3.19.